The molecule has 3 N–H and O–H groups in total. The van der Waals surface area contributed by atoms with Gasteiger partial charge in [0.15, 0.2) is 4.75 Å². The summed E-state index contributed by atoms with van der Waals surface area (Å²) in [5, 5.41) is 13.5. The van der Waals surface area contributed by atoms with E-state index in [4.69, 9.17) is 10.2 Å². The van der Waals surface area contributed by atoms with E-state index < -0.39 is 4.75 Å². The SMILES string of the molecule is CC#CC(C)(C#CO)SN. The number of hydrogen-bond acceptors (Lipinski definition) is 3. The minimum atomic E-state index is -0.635. The third kappa shape index (κ3) is 2.68. The normalized spacial score (nSPS) is 13.5. The van der Waals surface area contributed by atoms with Gasteiger partial charge in [0.1, 0.15) is 6.11 Å². The molecule has 2 nitrogen and oxygen atoms in total. The van der Waals surface area contributed by atoms with Crippen molar-refractivity contribution >= 4 is 11.9 Å². The van der Waals surface area contributed by atoms with Gasteiger partial charge in [0.2, 0.25) is 0 Å². The first-order chi connectivity index (χ1) is 4.68. The molecule has 3 heteroatoms. The smallest absolute Gasteiger partial charge is 0.151 e. The maximum atomic E-state index is 8.26. The number of aliphatic hydroxyl groups is 1. The second-order valence-electron chi connectivity index (χ2n) is 1.76. The maximum absolute atomic E-state index is 8.26. The van der Waals surface area contributed by atoms with Crippen LogP contribution in [0.2, 0.25) is 0 Å². The standard InChI is InChI=1S/C7H9NOS/c1-3-4-7(2,10-8)5-6-9/h9H,8H2,1-2H3. The summed E-state index contributed by atoms with van der Waals surface area (Å²) < 4.78 is -0.635. The monoisotopic (exact) mass is 155 g/mol. The molecule has 0 radical (unpaired) electrons. The van der Waals surface area contributed by atoms with Crippen LogP contribution in [0.1, 0.15) is 13.8 Å². The van der Waals surface area contributed by atoms with Gasteiger partial charge in [-0.05, 0) is 19.8 Å². The van der Waals surface area contributed by atoms with E-state index >= 15 is 0 Å². The van der Waals surface area contributed by atoms with Gasteiger partial charge in [0.25, 0.3) is 0 Å². The summed E-state index contributed by atoms with van der Waals surface area (Å²) in [7, 11) is 0. The van der Waals surface area contributed by atoms with Crippen LogP contribution in [0.4, 0.5) is 0 Å². The molecule has 0 saturated carbocycles. The summed E-state index contributed by atoms with van der Waals surface area (Å²) >= 11 is 1.01. The van der Waals surface area contributed by atoms with E-state index in [0.717, 1.165) is 11.9 Å². The summed E-state index contributed by atoms with van der Waals surface area (Å²) in [5.41, 5.74) is 0. The first-order valence-corrected chi connectivity index (χ1v) is 3.54. The van der Waals surface area contributed by atoms with Crippen molar-refractivity contribution in [2.24, 2.45) is 5.14 Å². The van der Waals surface area contributed by atoms with Crippen LogP contribution in [0.25, 0.3) is 0 Å². The largest absolute Gasteiger partial charge is 0.462 e. The Balaban J connectivity index is 4.44. The predicted molar refractivity (Wildman–Crippen MR) is 43.3 cm³/mol. The molecule has 0 heterocycles. The fourth-order valence-electron chi connectivity index (χ4n) is 0.435. The quantitative estimate of drug-likeness (QED) is 0.433. The van der Waals surface area contributed by atoms with Crippen molar-refractivity contribution in [3.05, 3.63) is 0 Å². The molecule has 1 atom stereocenters. The fourth-order valence-corrected chi connectivity index (χ4v) is 0.701. The van der Waals surface area contributed by atoms with Crippen LogP contribution in [-0.4, -0.2) is 9.85 Å². The number of rotatable bonds is 1. The van der Waals surface area contributed by atoms with Crippen LogP contribution < -0.4 is 5.14 Å². The van der Waals surface area contributed by atoms with E-state index in [1.807, 2.05) is 0 Å². The van der Waals surface area contributed by atoms with Crippen molar-refractivity contribution in [3.63, 3.8) is 0 Å². The van der Waals surface area contributed by atoms with Crippen molar-refractivity contribution in [2.45, 2.75) is 18.6 Å². The van der Waals surface area contributed by atoms with Crippen LogP contribution in [0.15, 0.2) is 0 Å². The summed E-state index contributed by atoms with van der Waals surface area (Å²) in [6.07, 6.45) is 1.79. The van der Waals surface area contributed by atoms with Crippen molar-refractivity contribution in [1.29, 1.82) is 0 Å². The molecule has 0 bridgehead atoms. The van der Waals surface area contributed by atoms with Crippen molar-refractivity contribution in [3.8, 4) is 23.9 Å². The maximum Gasteiger partial charge on any atom is 0.151 e. The van der Waals surface area contributed by atoms with Gasteiger partial charge in [-0.25, -0.2) is 0 Å². The number of hydrogen-bond donors (Lipinski definition) is 2. The molecular formula is C7H9NOS. The molecule has 0 fully saturated rings. The minimum absolute atomic E-state index is 0.635. The van der Waals surface area contributed by atoms with Gasteiger partial charge < -0.3 is 5.11 Å². The van der Waals surface area contributed by atoms with Crippen molar-refractivity contribution in [2.75, 3.05) is 0 Å². The Morgan fingerprint density at radius 1 is 1.50 bits per heavy atom. The van der Waals surface area contributed by atoms with Gasteiger partial charge in [-0.1, -0.05) is 17.9 Å². The average molecular weight is 155 g/mol. The van der Waals surface area contributed by atoms with E-state index in [1.165, 1.54) is 0 Å². The van der Waals surface area contributed by atoms with E-state index in [9.17, 15) is 0 Å². The zero-order valence-corrected chi connectivity index (χ0v) is 6.75. The molecule has 0 aliphatic rings. The lowest BCUT2D eigenvalue weighted by molar-refractivity contribution is 0.516. The van der Waals surface area contributed by atoms with E-state index in [-0.39, 0.29) is 0 Å². The molecular weight excluding hydrogens is 146 g/mol. The topological polar surface area (TPSA) is 46.2 Å². The highest BCUT2D eigenvalue weighted by Crippen LogP contribution is 2.16. The lowest BCUT2D eigenvalue weighted by Gasteiger charge is -2.09. The molecule has 0 aromatic heterocycles. The summed E-state index contributed by atoms with van der Waals surface area (Å²) in [6.45, 7) is 3.45. The van der Waals surface area contributed by atoms with Crippen molar-refractivity contribution < 1.29 is 5.11 Å². The van der Waals surface area contributed by atoms with Gasteiger partial charge >= 0.3 is 0 Å². The molecule has 1 unspecified atom stereocenters. The van der Waals surface area contributed by atoms with Gasteiger partial charge in [0.05, 0.1) is 0 Å². The molecule has 0 aliphatic heterocycles. The Kier molecular flexibility index (Phi) is 3.79. The summed E-state index contributed by atoms with van der Waals surface area (Å²) in [5.74, 6) is 7.92. The van der Waals surface area contributed by atoms with Crippen LogP contribution in [0.5, 0.6) is 0 Å². The van der Waals surface area contributed by atoms with Crippen LogP contribution in [0, 0.1) is 23.9 Å². The van der Waals surface area contributed by atoms with Gasteiger partial charge in [-0.15, -0.1) is 5.92 Å². The zero-order chi connectivity index (χ0) is 8.04. The molecule has 0 amide bonds. The number of aliphatic hydroxyl groups excluding tert-OH is 1. The van der Waals surface area contributed by atoms with Gasteiger partial charge in [0, 0.05) is 0 Å². The molecule has 10 heavy (non-hydrogen) atoms. The van der Waals surface area contributed by atoms with Crippen molar-refractivity contribution in [1.82, 2.24) is 0 Å². The third-order valence-electron chi connectivity index (χ3n) is 0.894. The Morgan fingerprint density at radius 2 is 2.10 bits per heavy atom. The second kappa shape index (κ2) is 4.11. The van der Waals surface area contributed by atoms with Gasteiger partial charge in [-0.3, -0.25) is 5.14 Å². The number of nitrogens with two attached hydrogens (primary N) is 1. The molecule has 0 aromatic rings. The predicted octanol–water partition coefficient (Wildman–Crippen LogP) is 0.709. The van der Waals surface area contributed by atoms with E-state index in [0.29, 0.717) is 0 Å². The molecule has 54 valence electrons. The Morgan fingerprint density at radius 3 is 2.40 bits per heavy atom. The Labute approximate surface area is 65.3 Å². The minimum Gasteiger partial charge on any atom is -0.462 e. The first-order valence-electron chi connectivity index (χ1n) is 2.66. The molecule has 0 aromatic carbocycles. The average Bonchev–Trinajstić information content (AvgIpc) is 1.89. The fraction of sp³-hybridized carbons (Fsp3) is 0.429. The summed E-state index contributed by atoms with van der Waals surface area (Å²) in [6, 6.07) is 0. The second-order valence-corrected chi connectivity index (χ2v) is 2.82. The van der Waals surface area contributed by atoms with E-state index in [2.05, 4.69) is 17.8 Å². The molecule has 0 rings (SSSR count). The lowest BCUT2D eigenvalue weighted by Crippen LogP contribution is -2.17. The zero-order valence-electron chi connectivity index (χ0n) is 5.93. The van der Waals surface area contributed by atoms with E-state index in [1.54, 1.807) is 20.0 Å². The summed E-state index contributed by atoms with van der Waals surface area (Å²) in [4.78, 5) is 0. The highest BCUT2D eigenvalue weighted by Gasteiger charge is 2.16. The first kappa shape index (κ1) is 9.23. The van der Waals surface area contributed by atoms with Crippen LogP contribution in [-0.2, 0) is 0 Å². The molecule has 0 saturated heterocycles. The third-order valence-corrected chi connectivity index (χ3v) is 1.57. The molecule has 0 aliphatic carbocycles. The van der Waals surface area contributed by atoms with Crippen LogP contribution >= 0.6 is 11.9 Å². The molecule has 0 spiro atoms. The Hall–Kier alpha value is -0.770. The lowest BCUT2D eigenvalue weighted by atomic mass is 10.2. The highest BCUT2D eigenvalue weighted by molar-refractivity contribution is 7.98. The Bertz CT molecular complexity index is 195. The highest BCUT2D eigenvalue weighted by atomic mass is 32.2. The van der Waals surface area contributed by atoms with Gasteiger partial charge in [-0.2, -0.15) is 0 Å². The van der Waals surface area contributed by atoms with Crippen LogP contribution in [0.3, 0.4) is 0 Å².